The zero-order chi connectivity index (χ0) is 37.7. The van der Waals surface area contributed by atoms with Crippen molar-refractivity contribution in [3.05, 3.63) is 90.1 Å². The monoisotopic (exact) mass is 703 g/mol. The molecule has 51 heavy (non-hydrogen) atoms. The van der Waals surface area contributed by atoms with E-state index in [1.54, 1.807) is 6.20 Å². The molecule has 1 heterocycles. The molecule has 0 unspecified atom stereocenters. The van der Waals surface area contributed by atoms with Gasteiger partial charge in [-0.05, 0) is 60.3 Å². The van der Waals surface area contributed by atoms with E-state index in [2.05, 4.69) is 20.9 Å². The molecule has 0 spiro atoms. The molecule has 1 aromatic heterocycles. The van der Waals surface area contributed by atoms with Gasteiger partial charge in [0.1, 0.15) is 12.1 Å². The summed E-state index contributed by atoms with van der Waals surface area (Å²) in [6.07, 6.45) is -0.525. The highest BCUT2D eigenvalue weighted by atomic mass is 16.5. The third kappa shape index (κ3) is 12.7. The van der Waals surface area contributed by atoms with Crippen molar-refractivity contribution in [2.75, 3.05) is 14.2 Å². The molecule has 4 amide bonds. The largest absolute Gasteiger partial charge is 0.465 e. The summed E-state index contributed by atoms with van der Waals surface area (Å²) >= 11 is 0. The number of nitrogens with zero attached hydrogens (tertiary/aromatic N) is 2. The summed E-state index contributed by atoms with van der Waals surface area (Å²) in [5.41, 5.74) is 2.79. The normalized spacial score (nSPS) is 14.4. The number of nitrogens with one attached hydrogen (secondary N) is 3. The number of likely N-dealkylation sites (N-methyl/N-ethyl adjacent to an activating group) is 1. The van der Waals surface area contributed by atoms with E-state index in [1.807, 2.05) is 107 Å². The maximum atomic E-state index is 13.8. The summed E-state index contributed by atoms with van der Waals surface area (Å²) in [7, 11) is 2.58. The third-order valence-electron chi connectivity index (χ3n) is 8.70. The van der Waals surface area contributed by atoms with Gasteiger partial charge in [-0.15, -0.1) is 0 Å². The van der Waals surface area contributed by atoms with E-state index in [0.717, 1.165) is 27.3 Å². The van der Waals surface area contributed by atoms with Gasteiger partial charge in [-0.25, -0.2) is 9.59 Å². The summed E-state index contributed by atoms with van der Waals surface area (Å²) in [6.45, 7) is 9.27. The van der Waals surface area contributed by atoms with Crippen LogP contribution in [0.5, 0.6) is 0 Å². The van der Waals surface area contributed by atoms with Gasteiger partial charge in [0.15, 0.2) is 0 Å². The fourth-order valence-corrected chi connectivity index (χ4v) is 5.87. The van der Waals surface area contributed by atoms with Crippen LogP contribution in [0.15, 0.2) is 79.0 Å². The number of amides is 4. The number of carbonyl (C=O) groups excluding carboxylic acids is 3. The standard InChI is InChI=1S/C39H53N5O7/c1-25(2)21-32(44(6)38(49)50)35(46)42-31(23-26-13-9-8-10-14-26)33(45)24-29(41-36(47)34(39(3,4)5)43-37(48)51-7)22-27-16-18-28(19-17-27)30-15-11-12-20-40-30/h8-20,25,29,31-34,45H,21-24H2,1-7H3,(H,41,47)(H,42,46)(H,43,48)(H,49,50)/t29-,31-,32-,33-,34+/m0/s1. The van der Waals surface area contributed by atoms with Gasteiger partial charge in [-0.2, -0.15) is 0 Å². The van der Waals surface area contributed by atoms with E-state index in [0.29, 0.717) is 6.42 Å². The summed E-state index contributed by atoms with van der Waals surface area (Å²) in [5.74, 6) is -0.952. The molecule has 0 aliphatic rings. The van der Waals surface area contributed by atoms with Crippen molar-refractivity contribution in [2.45, 2.75) is 90.6 Å². The molecule has 12 nitrogen and oxygen atoms in total. The van der Waals surface area contributed by atoms with Crippen LogP contribution in [-0.4, -0.2) is 88.5 Å². The Morgan fingerprint density at radius 1 is 0.824 bits per heavy atom. The fourth-order valence-electron chi connectivity index (χ4n) is 5.87. The van der Waals surface area contributed by atoms with Crippen molar-refractivity contribution in [1.82, 2.24) is 25.8 Å². The summed E-state index contributed by atoms with van der Waals surface area (Å²) in [5, 5.41) is 30.2. The summed E-state index contributed by atoms with van der Waals surface area (Å²) < 4.78 is 4.78. The molecule has 5 N–H and O–H groups in total. The minimum Gasteiger partial charge on any atom is -0.465 e. The lowest BCUT2D eigenvalue weighted by Gasteiger charge is -2.34. The number of methoxy groups -OCH3 is 1. The Labute approximate surface area is 301 Å². The molecule has 0 radical (unpaired) electrons. The highest BCUT2D eigenvalue weighted by Gasteiger charge is 2.36. The van der Waals surface area contributed by atoms with Gasteiger partial charge in [-0.1, -0.05) is 95.3 Å². The first kappa shape index (κ1) is 40.5. The zero-order valence-electron chi connectivity index (χ0n) is 30.6. The van der Waals surface area contributed by atoms with Crippen molar-refractivity contribution in [3.8, 4) is 11.3 Å². The van der Waals surface area contributed by atoms with Gasteiger partial charge in [0.2, 0.25) is 11.8 Å². The number of hydrogen-bond acceptors (Lipinski definition) is 7. The summed E-state index contributed by atoms with van der Waals surface area (Å²) in [4.78, 5) is 57.0. The van der Waals surface area contributed by atoms with Crippen molar-refractivity contribution in [3.63, 3.8) is 0 Å². The van der Waals surface area contributed by atoms with E-state index < -0.39 is 59.7 Å². The first-order valence-electron chi connectivity index (χ1n) is 17.2. The second kappa shape index (κ2) is 18.9. The molecule has 2 aromatic carbocycles. The molecule has 0 saturated carbocycles. The Kier molecular flexibility index (Phi) is 15.0. The van der Waals surface area contributed by atoms with Crippen molar-refractivity contribution in [2.24, 2.45) is 11.3 Å². The van der Waals surface area contributed by atoms with Gasteiger partial charge < -0.3 is 30.9 Å². The van der Waals surface area contributed by atoms with Crippen molar-refractivity contribution in [1.29, 1.82) is 0 Å². The average Bonchev–Trinajstić information content (AvgIpc) is 3.09. The molecule has 0 aliphatic heterocycles. The number of carbonyl (C=O) groups is 4. The van der Waals surface area contributed by atoms with Gasteiger partial charge in [-0.3, -0.25) is 19.5 Å². The minimum absolute atomic E-state index is 0.0260. The second-order valence-corrected chi connectivity index (χ2v) is 14.4. The Bertz CT molecular complexity index is 1560. The van der Waals surface area contributed by atoms with Crippen molar-refractivity contribution >= 4 is 24.0 Å². The molecule has 3 rings (SSSR count). The molecule has 3 aromatic rings. The van der Waals surface area contributed by atoms with Crippen LogP contribution in [0, 0.1) is 11.3 Å². The molecule has 0 fully saturated rings. The van der Waals surface area contributed by atoms with Crippen LogP contribution in [-0.2, 0) is 27.2 Å². The molecule has 0 saturated heterocycles. The Hall–Kier alpha value is -4.97. The topological polar surface area (TPSA) is 170 Å². The molecule has 0 bridgehead atoms. The van der Waals surface area contributed by atoms with E-state index in [9.17, 15) is 29.4 Å². The van der Waals surface area contributed by atoms with Gasteiger partial charge in [0.05, 0.1) is 24.9 Å². The van der Waals surface area contributed by atoms with E-state index in [4.69, 9.17) is 4.74 Å². The fraction of sp³-hybridized carbons (Fsp3) is 0.462. The summed E-state index contributed by atoms with van der Waals surface area (Å²) in [6, 6.07) is 19.4. The van der Waals surface area contributed by atoms with Crippen LogP contribution in [0.25, 0.3) is 11.3 Å². The number of aliphatic hydroxyl groups excluding tert-OH is 1. The Morgan fingerprint density at radius 2 is 1.45 bits per heavy atom. The number of ether oxygens (including phenoxy) is 1. The number of alkyl carbamates (subject to hydrolysis) is 1. The highest BCUT2D eigenvalue weighted by molar-refractivity contribution is 5.87. The number of hydrogen-bond donors (Lipinski definition) is 5. The smallest absolute Gasteiger partial charge is 0.407 e. The lowest BCUT2D eigenvalue weighted by atomic mass is 9.85. The van der Waals surface area contributed by atoms with Crippen LogP contribution in [0.2, 0.25) is 0 Å². The lowest BCUT2D eigenvalue weighted by Crippen LogP contribution is -2.57. The van der Waals surface area contributed by atoms with Gasteiger partial charge in [0, 0.05) is 24.8 Å². The van der Waals surface area contributed by atoms with E-state index >= 15 is 0 Å². The van der Waals surface area contributed by atoms with Gasteiger partial charge in [0.25, 0.3) is 0 Å². The van der Waals surface area contributed by atoms with Crippen LogP contribution in [0.1, 0.15) is 58.6 Å². The SMILES string of the molecule is COC(=O)N[C@H](C(=O)N[C@@H](Cc1ccc(-c2ccccn2)cc1)C[C@H](O)[C@H](Cc1ccccc1)NC(=O)[C@H](CC(C)C)N(C)C(=O)O)C(C)(C)C. The number of aromatic nitrogens is 1. The predicted molar refractivity (Wildman–Crippen MR) is 196 cm³/mol. The first-order valence-corrected chi connectivity index (χ1v) is 17.2. The maximum Gasteiger partial charge on any atom is 0.407 e. The number of aliphatic hydroxyl groups is 1. The van der Waals surface area contributed by atoms with E-state index in [-0.39, 0.29) is 25.2 Å². The zero-order valence-corrected chi connectivity index (χ0v) is 30.6. The first-order chi connectivity index (χ1) is 24.1. The number of carboxylic acid groups (broad SMARTS) is 1. The molecular formula is C39H53N5O7. The van der Waals surface area contributed by atoms with Crippen LogP contribution >= 0.6 is 0 Å². The third-order valence-corrected chi connectivity index (χ3v) is 8.70. The average molecular weight is 704 g/mol. The van der Waals surface area contributed by atoms with E-state index in [1.165, 1.54) is 14.2 Å². The lowest BCUT2D eigenvalue weighted by molar-refractivity contribution is -0.128. The molecule has 276 valence electrons. The number of pyridine rings is 1. The highest BCUT2D eigenvalue weighted by Crippen LogP contribution is 2.23. The van der Waals surface area contributed by atoms with Crippen LogP contribution < -0.4 is 16.0 Å². The van der Waals surface area contributed by atoms with Crippen LogP contribution in [0.3, 0.4) is 0 Å². The Balaban J connectivity index is 1.95. The Morgan fingerprint density at radius 3 is 2.00 bits per heavy atom. The molecule has 12 heteroatoms. The van der Waals surface area contributed by atoms with Crippen molar-refractivity contribution < 1.29 is 34.1 Å². The second-order valence-electron chi connectivity index (χ2n) is 14.4. The quantitative estimate of drug-likeness (QED) is 0.138. The minimum atomic E-state index is -1.23. The van der Waals surface area contributed by atoms with Crippen LogP contribution in [0.4, 0.5) is 9.59 Å². The van der Waals surface area contributed by atoms with Gasteiger partial charge >= 0.3 is 12.2 Å². The molecule has 0 aliphatic carbocycles. The number of rotatable bonds is 16. The molecule has 5 atom stereocenters. The number of benzene rings is 2. The predicted octanol–water partition coefficient (Wildman–Crippen LogP) is 5.05. The molecular weight excluding hydrogens is 650 g/mol. The maximum absolute atomic E-state index is 13.8.